The van der Waals surface area contributed by atoms with Gasteiger partial charge in [-0.05, 0) is 23.3 Å². The maximum atomic E-state index is 12.0. The molecule has 0 saturated heterocycles. The monoisotopic (exact) mass is 265 g/mol. The van der Waals surface area contributed by atoms with Gasteiger partial charge in [-0.1, -0.05) is 24.3 Å². The van der Waals surface area contributed by atoms with Gasteiger partial charge in [-0.25, -0.2) is 0 Å². The van der Waals surface area contributed by atoms with Crippen LogP contribution in [0.4, 0.5) is 0 Å². The highest BCUT2D eigenvalue weighted by molar-refractivity contribution is 8.00. The van der Waals surface area contributed by atoms with E-state index in [0.717, 1.165) is 17.7 Å². The lowest BCUT2D eigenvalue weighted by Gasteiger charge is -2.24. The van der Waals surface area contributed by atoms with Crippen molar-refractivity contribution in [3.8, 4) is 0 Å². The fraction of sp³-hybridized carbons (Fsp3) is 0.385. The molecule has 0 bridgehead atoms. The number of carboxylic acid groups (broad SMARTS) is 1. The van der Waals surface area contributed by atoms with Gasteiger partial charge in [0.25, 0.3) is 0 Å². The number of aryl methyl sites for hydroxylation is 1. The van der Waals surface area contributed by atoms with Gasteiger partial charge < -0.3 is 10.4 Å². The largest absolute Gasteiger partial charge is 0.481 e. The molecule has 2 rings (SSSR count). The molecule has 1 aliphatic heterocycles. The third-order valence-electron chi connectivity index (χ3n) is 2.87. The van der Waals surface area contributed by atoms with E-state index in [1.165, 1.54) is 5.56 Å². The van der Waals surface area contributed by atoms with Crippen molar-refractivity contribution >= 4 is 23.6 Å². The van der Waals surface area contributed by atoms with Gasteiger partial charge in [-0.3, -0.25) is 9.59 Å². The van der Waals surface area contributed by atoms with Crippen molar-refractivity contribution in [2.75, 3.05) is 12.3 Å². The van der Waals surface area contributed by atoms with Gasteiger partial charge in [0.15, 0.2) is 0 Å². The number of nitrogens with one attached hydrogen (secondary N) is 1. The number of thioether (sulfide) groups is 1. The molecule has 1 atom stereocenters. The zero-order valence-electron chi connectivity index (χ0n) is 9.89. The van der Waals surface area contributed by atoms with Crippen LogP contribution in [0.1, 0.15) is 22.8 Å². The van der Waals surface area contributed by atoms with Gasteiger partial charge in [0.1, 0.15) is 5.25 Å². The Labute approximate surface area is 110 Å². The van der Waals surface area contributed by atoms with Crippen LogP contribution >= 0.6 is 11.8 Å². The summed E-state index contributed by atoms with van der Waals surface area (Å²) in [4.78, 5) is 22.4. The molecule has 1 aliphatic rings. The Kier molecular flexibility index (Phi) is 4.25. The van der Waals surface area contributed by atoms with Gasteiger partial charge in [0.05, 0.1) is 6.42 Å². The minimum atomic E-state index is -0.896. The zero-order valence-corrected chi connectivity index (χ0v) is 10.7. The Morgan fingerprint density at radius 1 is 1.39 bits per heavy atom. The Balaban J connectivity index is 2.01. The number of hydrogen-bond acceptors (Lipinski definition) is 3. The number of amides is 1. The molecule has 4 nitrogen and oxygen atoms in total. The normalized spacial score (nSPS) is 17.9. The molecular weight excluding hydrogens is 250 g/mol. The Morgan fingerprint density at radius 3 is 2.94 bits per heavy atom. The fourth-order valence-electron chi connectivity index (χ4n) is 2.00. The maximum absolute atomic E-state index is 12.0. The van der Waals surface area contributed by atoms with E-state index in [1.54, 1.807) is 11.8 Å². The molecule has 18 heavy (non-hydrogen) atoms. The SMILES string of the molecule is O=C(O)CCNC(=O)C1SCCc2ccccc21. The van der Waals surface area contributed by atoms with Crippen molar-refractivity contribution in [1.82, 2.24) is 5.32 Å². The van der Waals surface area contributed by atoms with Gasteiger partial charge >= 0.3 is 5.97 Å². The molecule has 0 spiro atoms. The quantitative estimate of drug-likeness (QED) is 0.868. The van der Waals surface area contributed by atoms with Crippen LogP contribution in [0.15, 0.2) is 24.3 Å². The van der Waals surface area contributed by atoms with Crippen molar-refractivity contribution in [3.63, 3.8) is 0 Å². The van der Waals surface area contributed by atoms with Gasteiger partial charge in [-0.2, -0.15) is 0 Å². The van der Waals surface area contributed by atoms with E-state index in [9.17, 15) is 9.59 Å². The lowest BCUT2D eigenvalue weighted by molar-refractivity contribution is -0.136. The van der Waals surface area contributed by atoms with Gasteiger partial charge in [-0.15, -0.1) is 11.8 Å². The molecule has 0 radical (unpaired) electrons. The summed E-state index contributed by atoms with van der Waals surface area (Å²) < 4.78 is 0. The van der Waals surface area contributed by atoms with Crippen LogP contribution in [0.2, 0.25) is 0 Å². The molecule has 5 heteroatoms. The summed E-state index contributed by atoms with van der Waals surface area (Å²) in [5.41, 5.74) is 2.27. The minimum Gasteiger partial charge on any atom is -0.481 e. The second-order valence-electron chi connectivity index (χ2n) is 4.13. The van der Waals surface area contributed by atoms with E-state index in [2.05, 4.69) is 5.32 Å². The highest BCUT2D eigenvalue weighted by Crippen LogP contribution is 2.36. The summed E-state index contributed by atoms with van der Waals surface area (Å²) in [5.74, 6) is -0.0611. The van der Waals surface area contributed by atoms with Crippen LogP contribution in [-0.2, 0) is 16.0 Å². The zero-order chi connectivity index (χ0) is 13.0. The van der Waals surface area contributed by atoms with E-state index in [0.29, 0.717) is 0 Å². The molecule has 2 N–H and O–H groups in total. The van der Waals surface area contributed by atoms with Crippen LogP contribution in [0, 0.1) is 0 Å². The Bertz CT molecular complexity index is 461. The number of hydrogen-bond donors (Lipinski definition) is 2. The van der Waals surface area contributed by atoms with E-state index in [1.807, 2.05) is 24.3 Å². The van der Waals surface area contributed by atoms with E-state index in [-0.39, 0.29) is 24.1 Å². The molecule has 1 aromatic rings. The Morgan fingerprint density at radius 2 is 2.17 bits per heavy atom. The first kappa shape index (κ1) is 13.0. The lowest BCUT2D eigenvalue weighted by atomic mass is 10.0. The third-order valence-corrected chi connectivity index (χ3v) is 4.11. The van der Waals surface area contributed by atoms with Crippen LogP contribution in [0.25, 0.3) is 0 Å². The molecule has 0 aromatic heterocycles. The highest BCUT2D eigenvalue weighted by Gasteiger charge is 2.26. The third kappa shape index (κ3) is 3.04. The van der Waals surface area contributed by atoms with E-state index in [4.69, 9.17) is 5.11 Å². The summed E-state index contributed by atoms with van der Waals surface area (Å²) in [6.07, 6.45) is 0.949. The first-order chi connectivity index (χ1) is 8.68. The number of fused-ring (bicyclic) bond motifs is 1. The van der Waals surface area contributed by atoms with E-state index < -0.39 is 5.97 Å². The van der Waals surface area contributed by atoms with Crippen LogP contribution in [0.3, 0.4) is 0 Å². The summed E-state index contributed by atoms with van der Waals surface area (Å²) >= 11 is 1.61. The number of rotatable bonds is 4. The number of aliphatic carboxylic acids is 1. The van der Waals surface area contributed by atoms with Crippen molar-refractivity contribution < 1.29 is 14.7 Å². The smallest absolute Gasteiger partial charge is 0.305 e. The van der Waals surface area contributed by atoms with Crippen LogP contribution < -0.4 is 5.32 Å². The summed E-state index contributed by atoms with van der Waals surface area (Å²) in [7, 11) is 0. The van der Waals surface area contributed by atoms with E-state index >= 15 is 0 Å². The molecule has 1 heterocycles. The molecule has 0 saturated carbocycles. The first-order valence-electron chi connectivity index (χ1n) is 5.87. The van der Waals surface area contributed by atoms with Crippen molar-refractivity contribution in [1.29, 1.82) is 0 Å². The Hall–Kier alpha value is -1.49. The highest BCUT2D eigenvalue weighted by atomic mass is 32.2. The first-order valence-corrected chi connectivity index (χ1v) is 6.92. The average molecular weight is 265 g/mol. The second-order valence-corrected chi connectivity index (χ2v) is 5.35. The average Bonchev–Trinajstić information content (AvgIpc) is 2.37. The number of carbonyl (C=O) groups is 2. The predicted molar refractivity (Wildman–Crippen MR) is 70.6 cm³/mol. The van der Waals surface area contributed by atoms with Crippen LogP contribution in [0.5, 0.6) is 0 Å². The molecule has 1 unspecified atom stereocenters. The molecule has 96 valence electrons. The summed E-state index contributed by atoms with van der Waals surface area (Å²) in [6, 6.07) is 7.94. The van der Waals surface area contributed by atoms with Crippen molar-refractivity contribution in [2.24, 2.45) is 0 Å². The van der Waals surface area contributed by atoms with Gasteiger partial charge in [0, 0.05) is 6.54 Å². The van der Waals surface area contributed by atoms with Crippen LogP contribution in [-0.4, -0.2) is 29.3 Å². The number of carboxylic acids is 1. The lowest BCUT2D eigenvalue weighted by Crippen LogP contribution is -2.31. The van der Waals surface area contributed by atoms with Crippen molar-refractivity contribution in [3.05, 3.63) is 35.4 Å². The number of carbonyl (C=O) groups excluding carboxylic acids is 1. The standard InChI is InChI=1S/C13H15NO3S/c15-11(16)5-7-14-13(17)12-10-4-2-1-3-9(10)6-8-18-12/h1-4,12H,5-8H2,(H,14,17)(H,15,16). The molecule has 1 aromatic carbocycles. The molecule has 1 amide bonds. The fourth-order valence-corrected chi connectivity index (χ4v) is 3.21. The molecular formula is C13H15NO3S. The molecule has 0 aliphatic carbocycles. The minimum absolute atomic E-state index is 0.0369. The maximum Gasteiger partial charge on any atom is 0.305 e. The summed E-state index contributed by atoms with van der Waals surface area (Å²) in [5, 5.41) is 11.0. The second kappa shape index (κ2) is 5.91. The molecule has 0 fully saturated rings. The van der Waals surface area contributed by atoms with Gasteiger partial charge in [0.2, 0.25) is 5.91 Å². The topological polar surface area (TPSA) is 66.4 Å². The van der Waals surface area contributed by atoms with Crippen molar-refractivity contribution in [2.45, 2.75) is 18.1 Å². The predicted octanol–water partition coefficient (Wildman–Crippen LogP) is 1.61. The summed E-state index contributed by atoms with van der Waals surface area (Å²) in [6.45, 7) is 0.188. The number of benzene rings is 1.